The first-order chi connectivity index (χ1) is 7.69. The number of rotatable bonds is 5. The predicted molar refractivity (Wildman–Crippen MR) is 61.9 cm³/mol. The van der Waals surface area contributed by atoms with Gasteiger partial charge in [-0.3, -0.25) is 4.98 Å². The van der Waals surface area contributed by atoms with E-state index in [2.05, 4.69) is 10.1 Å². The zero-order chi connectivity index (χ0) is 12.0. The highest BCUT2D eigenvalue weighted by Crippen LogP contribution is 2.10. The lowest BCUT2D eigenvalue weighted by molar-refractivity contribution is 0.206. The van der Waals surface area contributed by atoms with Crippen molar-refractivity contribution < 1.29 is 9.94 Å². The lowest BCUT2D eigenvalue weighted by Gasteiger charge is -2.18. The van der Waals surface area contributed by atoms with Gasteiger partial charge in [-0.05, 0) is 12.1 Å². The third-order valence-corrected chi connectivity index (χ3v) is 2.19. The number of likely N-dealkylation sites (N-methyl/N-ethyl adjacent to an activating group) is 1. The summed E-state index contributed by atoms with van der Waals surface area (Å²) in [5.41, 5.74) is 6.81. The van der Waals surface area contributed by atoms with E-state index in [4.69, 9.17) is 15.7 Å². The molecule has 16 heavy (non-hydrogen) atoms. The number of methoxy groups -OCH3 is 1. The van der Waals surface area contributed by atoms with Crippen molar-refractivity contribution in [3.05, 3.63) is 24.0 Å². The quantitative estimate of drug-likeness (QED) is 0.324. The zero-order valence-electron chi connectivity index (χ0n) is 9.42. The number of amidine groups is 1. The largest absolute Gasteiger partial charge is 0.409 e. The molecule has 0 saturated heterocycles. The van der Waals surface area contributed by atoms with Crippen molar-refractivity contribution in [2.24, 2.45) is 10.9 Å². The maximum absolute atomic E-state index is 8.48. The summed E-state index contributed by atoms with van der Waals surface area (Å²) in [5.74, 6) is 0.00564. The van der Waals surface area contributed by atoms with Gasteiger partial charge in [0.1, 0.15) is 5.69 Å². The van der Waals surface area contributed by atoms with Gasteiger partial charge in [-0.2, -0.15) is 0 Å². The number of oxime groups is 1. The maximum Gasteiger partial charge on any atom is 0.188 e. The highest BCUT2D eigenvalue weighted by molar-refractivity contribution is 5.95. The van der Waals surface area contributed by atoms with Crippen LogP contribution < -0.4 is 10.6 Å². The Morgan fingerprint density at radius 3 is 2.88 bits per heavy atom. The lowest BCUT2D eigenvalue weighted by Crippen LogP contribution is -2.22. The maximum atomic E-state index is 8.48. The van der Waals surface area contributed by atoms with Crippen LogP contribution in [0.4, 0.5) is 5.69 Å². The normalized spacial score (nSPS) is 11.5. The molecular weight excluding hydrogens is 208 g/mol. The fourth-order valence-corrected chi connectivity index (χ4v) is 1.17. The molecular formula is C10H16N4O2. The smallest absolute Gasteiger partial charge is 0.188 e. The Morgan fingerprint density at radius 1 is 1.62 bits per heavy atom. The van der Waals surface area contributed by atoms with Crippen LogP contribution in [0.2, 0.25) is 0 Å². The van der Waals surface area contributed by atoms with E-state index < -0.39 is 0 Å². The predicted octanol–water partition coefficient (Wildman–Crippen LogP) is 0.259. The minimum atomic E-state index is 0.00564. The Balaban J connectivity index is 2.71. The summed E-state index contributed by atoms with van der Waals surface area (Å²) in [4.78, 5) is 6.09. The third-order valence-electron chi connectivity index (χ3n) is 2.19. The molecule has 3 N–H and O–H groups in total. The van der Waals surface area contributed by atoms with E-state index in [1.54, 1.807) is 19.4 Å². The Kier molecular flexibility index (Phi) is 4.53. The number of hydrogen-bond acceptors (Lipinski definition) is 5. The van der Waals surface area contributed by atoms with Crippen molar-refractivity contribution >= 4 is 11.5 Å². The van der Waals surface area contributed by atoms with E-state index >= 15 is 0 Å². The molecule has 0 fully saturated rings. The van der Waals surface area contributed by atoms with Gasteiger partial charge in [0.2, 0.25) is 0 Å². The first-order valence-corrected chi connectivity index (χ1v) is 4.83. The first kappa shape index (κ1) is 12.3. The van der Waals surface area contributed by atoms with E-state index in [1.165, 1.54) is 0 Å². The van der Waals surface area contributed by atoms with Crippen LogP contribution in [0.1, 0.15) is 5.69 Å². The zero-order valence-corrected chi connectivity index (χ0v) is 9.42. The monoisotopic (exact) mass is 224 g/mol. The van der Waals surface area contributed by atoms with E-state index in [0.717, 1.165) is 12.2 Å². The van der Waals surface area contributed by atoms with Gasteiger partial charge in [0.25, 0.3) is 0 Å². The molecule has 1 rings (SSSR count). The summed E-state index contributed by atoms with van der Waals surface area (Å²) in [6, 6.07) is 3.56. The van der Waals surface area contributed by atoms with Gasteiger partial charge in [0.15, 0.2) is 5.84 Å². The molecule has 6 nitrogen and oxygen atoms in total. The topological polar surface area (TPSA) is 84.0 Å². The number of aromatic nitrogens is 1. The number of ether oxygens (including phenoxy) is 1. The summed E-state index contributed by atoms with van der Waals surface area (Å²) >= 11 is 0. The van der Waals surface area contributed by atoms with E-state index in [1.807, 2.05) is 18.0 Å². The number of hydrogen-bond donors (Lipinski definition) is 2. The molecule has 0 bridgehead atoms. The molecule has 0 aliphatic rings. The van der Waals surface area contributed by atoms with Gasteiger partial charge in [0, 0.05) is 20.7 Å². The lowest BCUT2D eigenvalue weighted by atomic mass is 10.3. The van der Waals surface area contributed by atoms with Crippen molar-refractivity contribution in [1.82, 2.24) is 4.98 Å². The second-order valence-electron chi connectivity index (χ2n) is 3.30. The molecule has 0 aliphatic carbocycles. The van der Waals surface area contributed by atoms with E-state index in [9.17, 15) is 0 Å². The second-order valence-corrected chi connectivity index (χ2v) is 3.30. The number of nitrogens with zero attached hydrogens (tertiary/aromatic N) is 3. The SMILES string of the molecule is COCCN(C)c1ccc(/C(N)=N/O)nc1. The summed E-state index contributed by atoms with van der Waals surface area (Å²) in [7, 11) is 3.60. The van der Waals surface area contributed by atoms with Crippen LogP contribution in [0.3, 0.4) is 0 Å². The van der Waals surface area contributed by atoms with Gasteiger partial charge in [-0.15, -0.1) is 0 Å². The van der Waals surface area contributed by atoms with Crippen LogP contribution in [-0.4, -0.2) is 43.3 Å². The Morgan fingerprint density at radius 2 is 2.38 bits per heavy atom. The van der Waals surface area contributed by atoms with Crippen LogP contribution in [0, 0.1) is 0 Å². The van der Waals surface area contributed by atoms with Crippen LogP contribution in [0.15, 0.2) is 23.5 Å². The molecule has 0 aliphatic heterocycles. The van der Waals surface area contributed by atoms with Crippen LogP contribution in [0.25, 0.3) is 0 Å². The highest BCUT2D eigenvalue weighted by atomic mass is 16.5. The Bertz CT molecular complexity index is 350. The molecule has 0 unspecified atom stereocenters. The van der Waals surface area contributed by atoms with E-state index in [-0.39, 0.29) is 5.84 Å². The molecule has 0 amide bonds. The molecule has 1 aromatic heterocycles. The van der Waals surface area contributed by atoms with Crippen molar-refractivity contribution in [3.8, 4) is 0 Å². The summed E-state index contributed by atoms with van der Waals surface area (Å²) in [6.45, 7) is 1.43. The molecule has 0 saturated carbocycles. The Labute approximate surface area is 94.3 Å². The van der Waals surface area contributed by atoms with E-state index in [0.29, 0.717) is 12.3 Å². The average molecular weight is 224 g/mol. The minimum absolute atomic E-state index is 0.00564. The number of nitrogens with two attached hydrogens (primary N) is 1. The molecule has 0 spiro atoms. The minimum Gasteiger partial charge on any atom is -0.409 e. The fraction of sp³-hybridized carbons (Fsp3) is 0.400. The fourth-order valence-electron chi connectivity index (χ4n) is 1.17. The van der Waals surface area contributed by atoms with Crippen molar-refractivity contribution in [3.63, 3.8) is 0 Å². The van der Waals surface area contributed by atoms with Gasteiger partial charge in [-0.1, -0.05) is 5.16 Å². The molecule has 0 atom stereocenters. The Hall–Kier alpha value is -1.82. The van der Waals surface area contributed by atoms with Crippen molar-refractivity contribution in [1.29, 1.82) is 0 Å². The standard InChI is InChI=1S/C10H16N4O2/c1-14(5-6-16-2)8-3-4-9(12-7-8)10(11)13-15/h3-4,7,15H,5-6H2,1-2H3,(H2,11,13). The summed E-state index contributed by atoms with van der Waals surface area (Å²) < 4.78 is 4.98. The molecule has 88 valence electrons. The molecule has 1 heterocycles. The first-order valence-electron chi connectivity index (χ1n) is 4.83. The van der Waals surface area contributed by atoms with Crippen molar-refractivity contribution in [2.45, 2.75) is 0 Å². The van der Waals surface area contributed by atoms with Crippen LogP contribution in [0.5, 0.6) is 0 Å². The van der Waals surface area contributed by atoms with Crippen LogP contribution >= 0.6 is 0 Å². The van der Waals surface area contributed by atoms with Gasteiger partial charge < -0.3 is 20.6 Å². The summed E-state index contributed by atoms with van der Waals surface area (Å²) in [6.07, 6.45) is 1.67. The number of pyridine rings is 1. The molecule has 0 aromatic carbocycles. The van der Waals surface area contributed by atoms with Crippen LogP contribution in [-0.2, 0) is 4.74 Å². The van der Waals surface area contributed by atoms with Gasteiger partial charge >= 0.3 is 0 Å². The third kappa shape index (κ3) is 3.09. The van der Waals surface area contributed by atoms with Crippen molar-refractivity contribution in [2.75, 3.05) is 32.2 Å². The second kappa shape index (κ2) is 5.92. The van der Waals surface area contributed by atoms with Gasteiger partial charge in [0.05, 0.1) is 18.5 Å². The van der Waals surface area contributed by atoms with Gasteiger partial charge in [-0.25, -0.2) is 0 Å². The summed E-state index contributed by atoms with van der Waals surface area (Å²) in [5, 5.41) is 11.4. The molecule has 6 heteroatoms. The average Bonchev–Trinajstić information content (AvgIpc) is 2.35. The molecule has 0 radical (unpaired) electrons. The highest BCUT2D eigenvalue weighted by Gasteiger charge is 2.03. The molecule has 1 aromatic rings. The number of anilines is 1.